The van der Waals surface area contributed by atoms with Crippen molar-refractivity contribution < 1.29 is 14.3 Å². The molecule has 3 nitrogen and oxygen atoms in total. The van der Waals surface area contributed by atoms with Crippen LogP contribution in [0.2, 0.25) is 0 Å². The molecule has 1 heterocycles. The van der Waals surface area contributed by atoms with E-state index in [-0.39, 0.29) is 11.9 Å². The molecular formula is C18H20O3. The molecule has 3 heteroatoms. The third-order valence-electron chi connectivity index (χ3n) is 3.95. The zero-order chi connectivity index (χ0) is 14.7. The highest BCUT2D eigenvalue weighted by atomic mass is 16.5. The van der Waals surface area contributed by atoms with Gasteiger partial charge in [-0.3, -0.25) is 4.79 Å². The summed E-state index contributed by atoms with van der Waals surface area (Å²) in [6.45, 7) is 2.89. The number of benzene rings is 2. The Bertz CT molecular complexity index is 642. The van der Waals surface area contributed by atoms with Crippen molar-refractivity contribution in [3.63, 3.8) is 0 Å². The molecule has 0 N–H and O–H groups in total. The summed E-state index contributed by atoms with van der Waals surface area (Å²) in [5.74, 6) is 0.718. The van der Waals surface area contributed by atoms with Gasteiger partial charge in [-0.05, 0) is 37.6 Å². The molecule has 1 aliphatic heterocycles. The molecule has 0 spiro atoms. The van der Waals surface area contributed by atoms with E-state index in [2.05, 4.69) is 0 Å². The molecule has 0 bridgehead atoms. The van der Waals surface area contributed by atoms with Gasteiger partial charge in [-0.25, -0.2) is 0 Å². The zero-order valence-electron chi connectivity index (χ0n) is 12.3. The molecule has 1 saturated heterocycles. The average Bonchev–Trinajstić information content (AvgIpc) is 2.53. The molecule has 1 aliphatic rings. The van der Waals surface area contributed by atoms with Crippen molar-refractivity contribution in [2.24, 2.45) is 0 Å². The molecule has 110 valence electrons. The number of rotatable bonds is 4. The molecule has 3 rings (SSSR count). The molecule has 0 aromatic heterocycles. The van der Waals surface area contributed by atoms with E-state index >= 15 is 0 Å². The lowest BCUT2D eigenvalue weighted by Gasteiger charge is -2.23. The third-order valence-corrected chi connectivity index (χ3v) is 3.95. The normalized spacial score (nSPS) is 18.6. The van der Waals surface area contributed by atoms with Crippen LogP contribution in [0, 0.1) is 0 Å². The van der Waals surface area contributed by atoms with Crippen LogP contribution in [0.5, 0.6) is 5.75 Å². The summed E-state index contributed by atoms with van der Waals surface area (Å²) in [5, 5.41) is 2.07. The van der Waals surface area contributed by atoms with Crippen molar-refractivity contribution in [1.29, 1.82) is 0 Å². The predicted octanol–water partition coefficient (Wildman–Crippen LogP) is 3.99. The number of hydrogen-bond acceptors (Lipinski definition) is 3. The highest BCUT2D eigenvalue weighted by Gasteiger charge is 2.17. The van der Waals surface area contributed by atoms with E-state index < -0.39 is 0 Å². The molecule has 0 saturated carbocycles. The molecule has 1 atom stereocenters. The quantitative estimate of drug-likeness (QED) is 0.796. The van der Waals surface area contributed by atoms with Crippen molar-refractivity contribution in [1.82, 2.24) is 0 Å². The lowest BCUT2D eigenvalue weighted by Crippen LogP contribution is -2.26. The highest BCUT2D eigenvalue weighted by molar-refractivity contribution is 6.03. The molecule has 0 radical (unpaired) electrons. The molecule has 0 amide bonds. The number of ketones is 1. The first-order chi connectivity index (χ1) is 10.3. The monoisotopic (exact) mass is 284 g/mol. The van der Waals surface area contributed by atoms with Crippen LogP contribution in [0.25, 0.3) is 10.8 Å². The van der Waals surface area contributed by atoms with E-state index in [0.717, 1.165) is 30.2 Å². The van der Waals surface area contributed by atoms with Gasteiger partial charge in [0.25, 0.3) is 0 Å². The van der Waals surface area contributed by atoms with Gasteiger partial charge in [0.2, 0.25) is 0 Å². The minimum absolute atomic E-state index is 0.0281. The van der Waals surface area contributed by atoms with E-state index in [9.17, 15) is 4.79 Å². The Hall–Kier alpha value is -1.87. The Labute approximate surface area is 124 Å². The number of fused-ring (bicyclic) bond motifs is 1. The molecule has 21 heavy (non-hydrogen) atoms. The Morgan fingerprint density at radius 1 is 1.24 bits per heavy atom. The van der Waals surface area contributed by atoms with Gasteiger partial charge in [0.05, 0.1) is 11.7 Å². The number of ether oxygens (including phenoxy) is 2. The standard InChI is InChI=1S/C18H20O3/c1-13(19)16-10-9-14-6-2-3-8-17(14)18(16)21-12-15-7-4-5-11-20-15/h2-3,6,8-10,15H,4-5,7,11-12H2,1H3. The fourth-order valence-corrected chi connectivity index (χ4v) is 2.79. The molecule has 2 aromatic rings. The van der Waals surface area contributed by atoms with Gasteiger partial charge in [-0.2, -0.15) is 0 Å². The lowest BCUT2D eigenvalue weighted by molar-refractivity contribution is -0.0109. The molecule has 1 unspecified atom stereocenters. The van der Waals surface area contributed by atoms with Crippen LogP contribution < -0.4 is 4.74 Å². The Balaban J connectivity index is 1.90. The van der Waals surface area contributed by atoms with Crippen LogP contribution in [0.4, 0.5) is 0 Å². The number of carbonyl (C=O) groups excluding carboxylic acids is 1. The highest BCUT2D eigenvalue weighted by Crippen LogP contribution is 2.31. The van der Waals surface area contributed by atoms with E-state index in [1.807, 2.05) is 36.4 Å². The Kier molecular flexibility index (Phi) is 4.20. The van der Waals surface area contributed by atoms with Gasteiger partial charge in [0, 0.05) is 12.0 Å². The zero-order valence-corrected chi connectivity index (χ0v) is 12.3. The van der Waals surface area contributed by atoms with Crippen molar-refractivity contribution in [2.45, 2.75) is 32.3 Å². The largest absolute Gasteiger partial charge is 0.489 e. The van der Waals surface area contributed by atoms with Crippen molar-refractivity contribution in [3.05, 3.63) is 42.0 Å². The summed E-state index contributed by atoms with van der Waals surface area (Å²) in [6, 6.07) is 11.8. The second-order valence-corrected chi connectivity index (χ2v) is 5.52. The van der Waals surface area contributed by atoms with E-state index in [0.29, 0.717) is 17.9 Å². The summed E-state index contributed by atoms with van der Waals surface area (Å²) in [6.07, 6.45) is 3.48. The first kappa shape index (κ1) is 14.1. The third kappa shape index (κ3) is 3.08. The Morgan fingerprint density at radius 3 is 2.86 bits per heavy atom. The lowest BCUT2D eigenvalue weighted by atomic mass is 10.0. The SMILES string of the molecule is CC(=O)c1ccc2ccccc2c1OCC1CCCCO1. The summed E-state index contributed by atoms with van der Waals surface area (Å²) in [5.41, 5.74) is 0.643. The van der Waals surface area contributed by atoms with Crippen LogP contribution in [-0.2, 0) is 4.74 Å². The van der Waals surface area contributed by atoms with Gasteiger partial charge < -0.3 is 9.47 Å². The van der Waals surface area contributed by atoms with Gasteiger partial charge in [0.15, 0.2) is 5.78 Å². The van der Waals surface area contributed by atoms with Crippen LogP contribution in [-0.4, -0.2) is 25.1 Å². The minimum atomic E-state index is 0.0281. The smallest absolute Gasteiger partial charge is 0.163 e. The number of carbonyl (C=O) groups is 1. The first-order valence-electron chi connectivity index (χ1n) is 7.53. The fourth-order valence-electron chi connectivity index (χ4n) is 2.79. The van der Waals surface area contributed by atoms with Crippen LogP contribution >= 0.6 is 0 Å². The number of Topliss-reactive ketones (excluding diaryl/α,β-unsaturated/α-hetero) is 1. The summed E-state index contributed by atoms with van der Waals surface area (Å²) < 4.78 is 11.7. The fraction of sp³-hybridized carbons (Fsp3) is 0.389. The van der Waals surface area contributed by atoms with Crippen molar-refractivity contribution in [2.75, 3.05) is 13.2 Å². The number of hydrogen-bond donors (Lipinski definition) is 0. The van der Waals surface area contributed by atoms with Crippen LogP contribution in [0.3, 0.4) is 0 Å². The van der Waals surface area contributed by atoms with Gasteiger partial charge in [0.1, 0.15) is 12.4 Å². The second kappa shape index (κ2) is 6.27. The van der Waals surface area contributed by atoms with Gasteiger partial charge in [-0.15, -0.1) is 0 Å². The van der Waals surface area contributed by atoms with Gasteiger partial charge >= 0.3 is 0 Å². The maximum Gasteiger partial charge on any atom is 0.163 e. The van der Waals surface area contributed by atoms with E-state index in [4.69, 9.17) is 9.47 Å². The second-order valence-electron chi connectivity index (χ2n) is 5.52. The maximum absolute atomic E-state index is 11.8. The van der Waals surface area contributed by atoms with Crippen LogP contribution in [0.15, 0.2) is 36.4 Å². The van der Waals surface area contributed by atoms with Crippen LogP contribution in [0.1, 0.15) is 36.5 Å². The summed E-state index contributed by atoms with van der Waals surface area (Å²) >= 11 is 0. The Morgan fingerprint density at radius 2 is 2.10 bits per heavy atom. The minimum Gasteiger partial charge on any atom is -0.489 e. The average molecular weight is 284 g/mol. The van der Waals surface area contributed by atoms with E-state index in [1.165, 1.54) is 6.42 Å². The maximum atomic E-state index is 11.8. The molecule has 2 aromatic carbocycles. The predicted molar refractivity (Wildman–Crippen MR) is 83.0 cm³/mol. The molecule has 1 fully saturated rings. The van der Waals surface area contributed by atoms with Crippen molar-refractivity contribution in [3.8, 4) is 5.75 Å². The topological polar surface area (TPSA) is 35.5 Å². The van der Waals surface area contributed by atoms with E-state index in [1.54, 1.807) is 6.92 Å². The summed E-state index contributed by atoms with van der Waals surface area (Å²) in [4.78, 5) is 11.8. The molecule has 0 aliphatic carbocycles. The first-order valence-corrected chi connectivity index (χ1v) is 7.53. The molecular weight excluding hydrogens is 264 g/mol. The summed E-state index contributed by atoms with van der Waals surface area (Å²) in [7, 11) is 0. The van der Waals surface area contributed by atoms with Gasteiger partial charge in [-0.1, -0.05) is 30.3 Å². The van der Waals surface area contributed by atoms with Crippen molar-refractivity contribution >= 4 is 16.6 Å².